The molecule has 1 heterocycles. The van der Waals surface area contributed by atoms with Crippen LogP contribution in [-0.2, 0) is 24.4 Å². The molecule has 3 amide bonds. The number of ether oxygens (including phenoxy) is 2. The van der Waals surface area contributed by atoms with E-state index in [9.17, 15) is 9.59 Å². The van der Waals surface area contributed by atoms with E-state index in [1.807, 2.05) is 62.1 Å². The molecule has 1 N–H and O–H groups in total. The second-order valence-electron chi connectivity index (χ2n) is 16.2. The Balaban J connectivity index is 1.25. The first-order valence-electron chi connectivity index (χ1n) is 18.7. The molecule has 1 aliphatic carbocycles. The summed E-state index contributed by atoms with van der Waals surface area (Å²) in [4.78, 5) is 34.9. The highest BCUT2D eigenvalue weighted by Crippen LogP contribution is 2.27. The minimum atomic E-state index is -0.538. The maximum absolute atomic E-state index is 13.6. The van der Waals surface area contributed by atoms with Gasteiger partial charge in [0.15, 0.2) is 0 Å². The van der Waals surface area contributed by atoms with E-state index >= 15 is 0 Å². The quantitative estimate of drug-likeness (QED) is 0.157. The van der Waals surface area contributed by atoms with Crippen LogP contribution in [0.4, 0.5) is 15.3 Å². The number of carbonyl (C=O) groups is 2. The summed E-state index contributed by atoms with van der Waals surface area (Å²) in [6.45, 7) is 14.1. The van der Waals surface area contributed by atoms with E-state index in [1.165, 1.54) is 12.8 Å². The van der Waals surface area contributed by atoms with Crippen molar-refractivity contribution in [3.8, 4) is 16.9 Å². The van der Waals surface area contributed by atoms with Crippen LogP contribution < -0.4 is 10.1 Å². The Kier molecular flexibility index (Phi) is 13.0. The Labute approximate surface area is 310 Å². The second kappa shape index (κ2) is 17.6. The molecule has 1 fully saturated rings. The highest BCUT2D eigenvalue weighted by atomic mass is 16.6. The van der Waals surface area contributed by atoms with Gasteiger partial charge in [0.2, 0.25) is 0 Å². The summed E-state index contributed by atoms with van der Waals surface area (Å²) in [5.41, 5.74) is 5.44. The van der Waals surface area contributed by atoms with Gasteiger partial charge in [-0.05, 0) is 97.2 Å². The van der Waals surface area contributed by atoms with Gasteiger partial charge in [0.1, 0.15) is 11.4 Å². The average molecular weight is 705 g/mol. The molecule has 8 heteroatoms. The van der Waals surface area contributed by atoms with Crippen LogP contribution in [0.2, 0.25) is 0 Å². The molecular weight excluding hydrogens is 649 g/mol. The first-order chi connectivity index (χ1) is 24.8. The Bertz CT molecular complexity index is 1700. The molecule has 3 aromatic carbocycles. The van der Waals surface area contributed by atoms with Gasteiger partial charge in [-0.25, -0.2) is 9.59 Å². The van der Waals surface area contributed by atoms with E-state index in [2.05, 4.69) is 79.6 Å². The van der Waals surface area contributed by atoms with Crippen molar-refractivity contribution < 1.29 is 19.1 Å². The monoisotopic (exact) mass is 704 g/mol. The number of anilines is 1. The van der Waals surface area contributed by atoms with Crippen molar-refractivity contribution in [3.05, 3.63) is 114 Å². The zero-order valence-corrected chi connectivity index (χ0v) is 31.9. The van der Waals surface area contributed by atoms with Gasteiger partial charge in [-0.2, -0.15) is 0 Å². The fourth-order valence-electron chi connectivity index (χ4n) is 6.30. The third-order valence-corrected chi connectivity index (χ3v) is 9.02. The molecule has 52 heavy (non-hydrogen) atoms. The molecule has 1 aromatic heterocycles. The molecule has 1 saturated carbocycles. The number of benzene rings is 3. The largest absolute Gasteiger partial charge is 0.493 e. The van der Waals surface area contributed by atoms with E-state index in [-0.39, 0.29) is 23.6 Å². The van der Waals surface area contributed by atoms with Crippen LogP contribution in [0, 0.1) is 5.41 Å². The van der Waals surface area contributed by atoms with E-state index < -0.39 is 5.60 Å². The van der Waals surface area contributed by atoms with E-state index in [0.717, 1.165) is 59.3 Å². The van der Waals surface area contributed by atoms with Crippen molar-refractivity contribution in [2.75, 3.05) is 11.9 Å². The van der Waals surface area contributed by atoms with Crippen LogP contribution in [0.5, 0.6) is 5.75 Å². The molecule has 1 aliphatic rings. The lowest BCUT2D eigenvalue weighted by Crippen LogP contribution is -2.42. The van der Waals surface area contributed by atoms with Gasteiger partial charge in [-0.15, -0.1) is 0 Å². The number of hydrogen-bond acceptors (Lipinski definition) is 5. The number of aromatic nitrogens is 1. The molecule has 4 aromatic rings. The highest BCUT2D eigenvalue weighted by Gasteiger charge is 2.29. The lowest BCUT2D eigenvalue weighted by atomic mass is 9.99. The number of amides is 3. The Morgan fingerprint density at radius 1 is 0.731 bits per heavy atom. The maximum atomic E-state index is 13.6. The Hall–Kier alpha value is -4.85. The fraction of sp³-hybridized carbons (Fsp3) is 0.432. The summed E-state index contributed by atoms with van der Waals surface area (Å²) in [5, 5.41) is 3.06. The average Bonchev–Trinajstić information content (AvgIpc) is 3.40. The van der Waals surface area contributed by atoms with Crippen LogP contribution in [0.1, 0.15) is 96.8 Å². The smallest absolute Gasteiger partial charge is 0.410 e. The molecule has 0 unspecified atom stereocenters. The summed E-state index contributed by atoms with van der Waals surface area (Å²) in [5.74, 6) is 0.771. The van der Waals surface area contributed by atoms with Gasteiger partial charge in [0.25, 0.3) is 0 Å². The summed E-state index contributed by atoms with van der Waals surface area (Å²) in [6.07, 6.45) is 10.1. The van der Waals surface area contributed by atoms with Crippen molar-refractivity contribution >= 4 is 17.8 Å². The minimum Gasteiger partial charge on any atom is -0.493 e. The zero-order chi connectivity index (χ0) is 37.1. The van der Waals surface area contributed by atoms with Crippen molar-refractivity contribution in [2.24, 2.45) is 5.41 Å². The number of rotatable bonds is 11. The standard InChI is InChI=1S/C44H56N4O4/c1-43(2,3)32-51-40-25-23-38(24-26-40)46-41(49)47(30-35-12-11-27-45-28-35)29-33-15-19-36(20-16-33)37-21-17-34(18-22-37)31-48(42(50)52-44(4,5)6)39-13-9-7-8-10-14-39/h11-12,15-28,39H,7-10,13-14,29-32H2,1-6H3,(H,46,49). The SMILES string of the molecule is CC(C)(C)COc1ccc(NC(=O)N(Cc2ccc(-c3ccc(CN(C(=O)OC(C)(C)C)C4CCCCCC4)cc3)cc2)Cc2cccnc2)cc1. The van der Waals surface area contributed by atoms with E-state index in [1.54, 1.807) is 17.3 Å². The van der Waals surface area contributed by atoms with Crippen LogP contribution in [0.25, 0.3) is 11.1 Å². The third-order valence-electron chi connectivity index (χ3n) is 9.02. The number of urea groups is 1. The van der Waals surface area contributed by atoms with Gasteiger partial charge in [-0.1, -0.05) is 101 Å². The normalized spacial score (nSPS) is 13.9. The van der Waals surface area contributed by atoms with E-state index in [0.29, 0.717) is 31.9 Å². The van der Waals surface area contributed by atoms with Crippen LogP contribution >= 0.6 is 0 Å². The minimum absolute atomic E-state index is 0.0586. The summed E-state index contributed by atoms with van der Waals surface area (Å²) in [7, 11) is 0. The molecule has 0 atom stereocenters. The van der Waals surface area contributed by atoms with Gasteiger partial charge >= 0.3 is 12.1 Å². The molecule has 0 spiro atoms. The molecule has 0 radical (unpaired) electrons. The lowest BCUT2D eigenvalue weighted by molar-refractivity contribution is 0.0123. The molecular formula is C44H56N4O4. The molecule has 276 valence electrons. The van der Waals surface area contributed by atoms with Gasteiger partial charge < -0.3 is 24.6 Å². The topological polar surface area (TPSA) is 84.0 Å². The predicted octanol–water partition coefficient (Wildman–Crippen LogP) is 10.9. The van der Waals surface area contributed by atoms with Crippen LogP contribution in [0.3, 0.4) is 0 Å². The fourth-order valence-corrected chi connectivity index (χ4v) is 6.30. The highest BCUT2D eigenvalue weighted by molar-refractivity contribution is 5.89. The van der Waals surface area contributed by atoms with Gasteiger partial charge in [0.05, 0.1) is 6.61 Å². The second-order valence-corrected chi connectivity index (χ2v) is 16.2. The molecule has 0 bridgehead atoms. The van der Waals surface area contributed by atoms with Crippen LogP contribution in [-0.4, -0.2) is 45.2 Å². The molecule has 0 aliphatic heterocycles. The van der Waals surface area contributed by atoms with Crippen molar-refractivity contribution in [1.82, 2.24) is 14.8 Å². The predicted molar refractivity (Wildman–Crippen MR) is 209 cm³/mol. The zero-order valence-electron chi connectivity index (χ0n) is 31.9. The lowest BCUT2D eigenvalue weighted by Gasteiger charge is -2.33. The Morgan fingerprint density at radius 2 is 1.31 bits per heavy atom. The molecule has 8 nitrogen and oxygen atoms in total. The number of nitrogens with zero attached hydrogens (tertiary/aromatic N) is 3. The number of pyridine rings is 1. The van der Waals surface area contributed by atoms with Crippen molar-refractivity contribution in [1.29, 1.82) is 0 Å². The first kappa shape index (κ1) is 38.4. The maximum Gasteiger partial charge on any atom is 0.410 e. The van der Waals surface area contributed by atoms with Crippen molar-refractivity contribution in [2.45, 2.75) is 111 Å². The summed E-state index contributed by atoms with van der Waals surface area (Å²) in [6, 6.07) is 28.2. The number of hydrogen-bond donors (Lipinski definition) is 1. The molecule has 0 saturated heterocycles. The third kappa shape index (κ3) is 12.1. The van der Waals surface area contributed by atoms with Crippen molar-refractivity contribution in [3.63, 3.8) is 0 Å². The number of carbonyl (C=O) groups excluding carboxylic acids is 2. The van der Waals surface area contributed by atoms with Gasteiger partial charge in [0, 0.05) is 43.8 Å². The molecule has 5 rings (SSSR count). The number of nitrogens with one attached hydrogen (secondary N) is 1. The first-order valence-corrected chi connectivity index (χ1v) is 18.7. The van der Waals surface area contributed by atoms with Crippen LogP contribution in [0.15, 0.2) is 97.3 Å². The summed E-state index contributed by atoms with van der Waals surface area (Å²) < 4.78 is 11.7. The van der Waals surface area contributed by atoms with E-state index in [4.69, 9.17) is 9.47 Å². The van der Waals surface area contributed by atoms with Gasteiger partial charge in [-0.3, -0.25) is 4.98 Å². The Morgan fingerprint density at radius 3 is 1.85 bits per heavy atom. The summed E-state index contributed by atoms with van der Waals surface area (Å²) >= 11 is 0.